The fraction of sp³-hybridized carbons (Fsp3) is 0.733. The second-order valence-electron chi connectivity index (χ2n) is 6.84. The maximum atomic E-state index is 12.1. The molecule has 1 fully saturated rings. The lowest BCUT2D eigenvalue weighted by molar-refractivity contribution is -0.130. The highest BCUT2D eigenvalue weighted by Crippen LogP contribution is 2.20. The lowest BCUT2D eigenvalue weighted by Crippen LogP contribution is -2.31. The molecule has 7 heteroatoms. The summed E-state index contributed by atoms with van der Waals surface area (Å²) in [5, 5.41) is 3.96. The maximum absolute atomic E-state index is 12.1. The Labute approximate surface area is 130 Å². The van der Waals surface area contributed by atoms with Gasteiger partial charge in [-0.15, -0.1) is 0 Å². The zero-order chi connectivity index (χ0) is 16.3. The average molecular weight is 308 g/mol. The van der Waals surface area contributed by atoms with Gasteiger partial charge in [-0.1, -0.05) is 25.9 Å². The Bertz CT molecular complexity index is 547. The summed E-state index contributed by atoms with van der Waals surface area (Å²) in [4.78, 5) is 29.2. The highest BCUT2D eigenvalue weighted by molar-refractivity contribution is 5.81. The van der Waals surface area contributed by atoms with Crippen LogP contribution in [0.2, 0.25) is 0 Å². The van der Waals surface area contributed by atoms with E-state index in [9.17, 15) is 9.59 Å². The van der Waals surface area contributed by atoms with Gasteiger partial charge in [-0.25, -0.2) is 0 Å². The molecule has 2 amide bonds. The van der Waals surface area contributed by atoms with Gasteiger partial charge in [0.25, 0.3) is 0 Å². The normalized spacial score (nSPS) is 18.7. The first-order valence-corrected chi connectivity index (χ1v) is 7.67. The SMILES string of the molecule is CC(C)(C)c1noc(CCCC(=O)N2CCC(C(N)=O)C2)n1. The van der Waals surface area contributed by atoms with Crippen molar-refractivity contribution in [3.63, 3.8) is 0 Å². The van der Waals surface area contributed by atoms with E-state index in [4.69, 9.17) is 10.3 Å². The Morgan fingerprint density at radius 3 is 2.68 bits per heavy atom. The van der Waals surface area contributed by atoms with Crippen LogP contribution >= 0.6 is 0 Å². The molecule has 0 aliphatic carbocycles. The summed E-state index contributed by atoms with van der Waals surface area (Å²) in [6, 6.07) is 0. The number of carbonyl (C=O) groups is 2. The first kappa shape index (κ1) is 16.5. The Morgan fingerprint density at radius 2 is 2.14 bits per heavy atom. The summed E-state index contributed by atoms with van der Waals surface area (Å²) in [5.74, 6) is 0.774. The third-order valence-electron chi connectivity index (χ3n) is 3.86. The fourth-order valence-electron chi connectivity index (χ4n) is 2.43. The molecule has 2 heterocycles. The van der Waals surface area contributed by atoms with E-state index in [-0.39, 0.29) is 23.1 Å². The van der Waals surface area contributed by atoms with E-state index in [0.29, 0.717) is 50.5 Å². The van der Waals surface area contributed by atoms with Crippen LogP contribution in [-0.2, 0) is 21.4 Å². The minimum Gasteiger partial charge on any atom is -0.369 e. The van der Waals surface area contributed by atoms with E-state index in [1.807, 2.05) is 20.8 Å². The van der Waals surface area contributed by atoms with Gasteiger partial charge < -0.3 is 15.2 Å². The number of hydrogen-bond donors (Lipinski definition) is 1. The Balaban J connectivity index is 1.76. The Hall–Kier alpha value is -1.92. The number of amides is 2. The maximum Gasteiger partial charge on any atom is 0.226 e. The molecule has 0 spiro atoms. The van der Waals surface area contributed by atoms with Crippen LogP contribution in [0.15, 0.2) is 4.52 Å². The number of hydrogen-bond acceptors (Lipinski definition) is 5. The zero-order valence-electron chi connectivity index (χ0n) is 13.5. The number of nitrogens with two attached hydrogens (primary N) is 1. The molecular formula is C15H24N4O3. The molecule has 122 valence electrons. The molecule has 22 heavy (non-hydrogen) atoms. The predicted molar refractivity (Wildman–Crippen MR) is 79.8 cm³/mol. The Morgan fingerprint density at radius 1 is 1.41 bits per heavy atom. The van der Waals surface area contributed by atoms with Gasteiger partial charge in [-0.05, 0) is 12.8 Å². The molecule has 1 aromatic rings. The largest absolute Gasteiger partial charge is 0.369 e. The average Bonchev–Trinajstić information content (AvgIpc) is 3.07. The lowest BCUT2D eigenvalue weighted by Gasteiger charge is -2.15. The number of likely N-dealkylation sites (tertiary alicyclic amines) is 1. The molecule has 2 N–H and O–H groups in total. The zero-order valence-corrected chi connectivity index (χ0v) is 13.5. The van der Waals surface area contributed by atoms with Gasteiger partial charge >= 0.3 is 0 Å². The van der Waals surface area contributed by atoms with E-state index in [2.05, 4.69) is 10.1 Å². The van der Waals surface area contributed by atoms with Crippen molar-refractivity contribution in [1.29, 1.82) is 0 Å². The molecule has 0 bridgehead atoms. The van der Waals surface area contributed by atoms with Gasteiger partial charge in [0.15, 0.2) is 5.82 Å². The monoisotopic (exact) mass is 308 g/mol. The van der Waals surface area contributed by atoms with Crippen molar-refractivity contribution in [1.82, 2.24) is 15.0 Å². The summed E-state index contributed by atoms with van der Waals surface area (Å²) in [7, 11) is 0. The van der Waals surface area contributed by atoms with Gasteiger partial charge in [0, 0.05) is 31.3 Å². The van der Waals surface area contributed by atoms with Crippen LogP contribution in [0.5, 0.6) is 0 Å². The lowest BCUT2D eigenvalue weighted by atomic mass is 9.96. The van der Waals surface area contributed by atoms with Crippen LogP contribution in [-0.4, -0.2) is 39.9 Å². The van der Waals surface area contributed by atoms with Crippen molar-refractivity contribution < 1.29 is 14.1 Å². The quantitative estimate of drug-likeness (QED) is 0.875. The third-order valence-corrected chi connectivity index (χ3v) is 3.86. The van der Waals surface area contributed by atoms with E-state index >= 15 is 0 Å². The van der Waals surface area contributed by atoms with Gasteiger partial charge in [-0.3, -0.25) is 9.59 Å². The van der Waals surface area contributed by atoms with Gasteiger partial charge in [0.2, 0.25) is 17.7 Å². The molecule has 0 saturated carbocycles. The number of aryl methyl sites for hydroxylation is 1. The van der Waals surface area contributed by atoms with Crippen molar-refractivity contribution in [2.45, 2.75) is 51.9 Å². The van der Waals surface area contributed by atoms with E-state index in [1.54, 1.807) is 4.90 Å². The van der Waals surface area contributed by atoms with Crippen LogP contribution in [0, 0.1) is 5.92 Å². The molecule has 7 nitrogen and oxygen atoms in total. The highest BCUT2D eigenvalue weighted by Gasteiger charge is 2.29. The summed E-state index contributed by atoms with van der Waals surface area (Å²) in [6.45, 7) is 7.12. The van der Waals surface area contributed by atoms with Crippen molar-refractivity contribution in [3.8, 4) is 0 Å². The molecular weight excluding hydrogens is 284 g/mol. The molecule has 1 aliphatic rings. The number of nitrogens with zero attached hydrogens (tertiary/aromatic N) is 3. The topological polar surface area (TPSA) is 102 Å². The molecule has 1 unspecified atom stereocenters. The minimum absolute atomic E-state index is 0.0549. The smallest absolute Gasteiger partial charge is 0.226 e. The summed E-state index contributed by atoms with van der Waals surface area (Å²) < 4.78 is 5.20. The number of primary amides is 1. The third kappa shape index (κ3) is 4.05. The van der Waals surface area contributed by atoms with Crippen molar-refractivity contribution in [3.05, 3.63) is 11.7 Å². The summed E-state index contributed by atoms with van der Waals surface area (Å²) in [5.41, 5.74) is 5.13. The van der Waals surface area contributed by atoms with Crippen LogP contribution < -0.4 is 5.73 Å². The van der Waals surface area contributed by atoms with Crippen molar-refractivity contribution in [2.24, 2.45) is 11.7 Å². The predicted octanol–water partition coefficient (Wildman–Crippen LogP) is 1.02. The number of carbonyl (C=O) groups excluding carboxylic acids is 2. The Kier molecular flexibility index (Phi) is 4.83. The summed E-state index contributed by atoms with van der Waals surface area (Å²) in [6.07, 6.45) is 2.32. The van der Waals surface area contributed by atoms with Gasteiger partial charge in [-0.2, -0.15) is 4.98 Å². The van der Waals surface area contributed by atoms with Crippen LogP contribution in [0.25, 0.3) is 0 Å². The number of aromatic nitrogens is 2. The fourth-order valence-corrected chi connectivity index (χ4v) is 2.43. The molecule has 1 saturated heterocycles. The first-order valence-electron chi connectivity index (χ1n) is 7.67. The van der Waals surface area contributed by atoms with Crippen LogP contribution in [0.1, 0.15) is 51.7 Å². The standard InChI is InChI=1S/C15H24N4O3/c1-15(2,3)14-17-11(22-18-14)5-4-6-12(20)19-8-7-10(9-19)13(16)21/h10H,4-9H2,1-3H3,(H2,16,21). The van der Waals surface area contributed by atoms with Gasteiger partial charge in [0.1, 0.15) is 0 Å². The second kappa shape index (κ2) is 6.46. The van der Waals surface area contributed by atoms with Crippen molar-refractivity contribution in [2.75, 3.05) is 13.1 Å². The first-order chi connectivity index (χ1) is 10.3. The second-order valence-corrected chi connectivity index (χ2v) is 6.84. The van der Waals surface area contributed by atoms with Crippen LogP contribution in [0.4, 0.5) is 0 Å². The van der Waals surface area contributed by atoms with E-state index in [1.165, 1.54) is 0 Å². The van der Waals surface area contributed by atoms with E-state index < -0.39 is 0 Å². The molecule has 0 aromatic carbocycles. The highest BCUT2D eigenvalue weighted by atomic mass is 16.5. The number of rotatable bonds is 5. The molecule has 1 aromatic heterocycles. The van der Waals surface area contributed by atoms with Gasteiger partial charge in [0.05, 0.1) is 5.92 Å². The van der Waals surface area contributed by atoms with Crippen LogP contribution in [0.3, 0.4) is 0 Å². The van der Waals surface area contributed by atoms with E-state index in [0.717, 1.165) is 0 Å². The molecule has 2 rings (SSSR count). The minimum atomic E-state index is -0.323. The van der Waals surface area contributed by atoms with Crippen molar-refractivity contribution >= 4 is 11.8 Å². The molecule has 1 atom stereocenters. The summed E-state index contributed by atoms with van der Waals surface area (Å²) >= 11 is 0. The molecule has 1 aliphatic heterocycles. The molecule has 0 radical (unpaired) electrons.